The van der Waals surface area contributed by atoms with Crippen molar-refractivity contribution in [3.8, 4) is 0 Å². The molecule has 0 aromatic carbocycles. The number of nitrogens with two attached hydrogens (primary N) is 1. The SMILES string of the molecule is NC(c1cncc(F)c1)C1CCCCC1C(F)(F)F. The van der Waals surface area contributed by atoms with Crippen molar-refractivity contribution in [1.82, 2.24) is 4.98 Å². The van der Waals surface area contributed by atoms with Crippen molar-refractivity contribution < 1.29 is 17.6 Å². The molecule has 2 nitrogen and oxygen atoms in total. The number of alkyl halides is 3. The highest BCUT2D eigenvalue weighted by atomic mass is 19.4. The van der Waals surface area contributed by atoms with Crippen LogP contribution in [0.3, 0.4) is 0 Å². The molecule has 0 aliphatic heterocycles. The van der Waals surface area contributed by atoms with Gasteiger partial charge in [-0.15, -0.1) is 0 Å². The minimum atomic E-state index is -4.25. The molecule has 3 unspecified atom stereocenters. The van der Waals surface area contributed by atoms with Crippen molar-refractivity contribution in [2.45, 2.75) is 37.9 Å². The molecule has 1 aromatic rings. The van der Waals surface area contributed by atoms with Gasteiger partial charge in [0.2, 0.25) is 0 Å². The zero-order valence-electron chi connectivity index (χ0n) is 10.3. The van der Waals surface area contributed by atoms with Gasteiger partial charge in [-0.25, -0.2) is 4.39 Å². The van der Waals surface area contributed by atoms with Crippen molar-refractivity contribution in [2.24, 2.45) is 17.6 Å². The molecule has 106 valence electrons. The van der Waals surface area contributed by atoms with Crippen LogP contribution in [0.5, 0.6) is 0 Å². The maximum atomic E-state index is 13.1. The van der Waals surface area contributed by atoms with E-state index in [-0.39, 0.29) is 6.42 Å². The molecule has 19 heavy (non-hydrogen) atoms. The molecule has 2 N–H and O–H groups in total. The first kappa shape index (κ1) is 14.2. The molecule has 0 saturated heterocycles. The Balaban J connectivity index is 2.22. The topological polar surface area (TPSA) is 38.9 Å². The van der Waals surface area contributed by atoms with E-state index in [1.807, 2.05) is 0 Å². The van der Waals surface area contributed by atoms with Crippen LogP contribution in [-0.2, 0) is 0 Å². The molecule has 1 aliphatic rings. The molecule has 1 heterocycles. The maximum Gasteiger partial charge on any atom is 0.392 e. The molecule has 1 fully saturated rings. The van der Waals surface area contributed by atoms with Gasteiger partial charge in [0.1, 0.15) is 5.82 Å². The van der Waals surface area contributed by atoms with Gasteiger partial charge in [0.15, 0.2) is 0 Å². The zero-order valence-corrected chi connectivity index (χ0v) is 10.3. The highest BCUT2D eigenvalue weighted by molar-refractivity contribution is 5.16. The number of hydrogen-bond acceptors (Lipinski definition) is 2. The summed E-state index contributed by atoms with van der Waals surface area (Å²) in [5.41, 5.74) is 6.25. The van der Waals surface area contributed by atoms with Gasteiger partial charge < -0.3 is 5.73 Å². The Hall–Kier alpha value is -1.17. The van der Waals surface area contributed by atoms with E-state index in [9.17, 15) is 17.6 Å². The smallest absolute Gasteiger partial charge is 0.324 e. The Morgan fingerprint density at radius 3 is 2.53 bits per heavy atom. The summed E-state index contributed by atoms with van der Waals surface area (Å²) in [6.45, 7) is 0. The zero-order chi connectivity index (χ0) is 14.0. The molecule has 0 spiro atoms. The summed E-state index contributed by atoms with van der Waals surface area (Å²) in [6.07, 6.45) is -0.0769. The third kappa shape index (κ3) is 3.23. The van der Waals surface area contributed by atoms with Gasteiger partial charge in [-0.2, -0.15) is 13.2 Å². The number of halogens is 4. The molecule has 3 atom stereocenters. The summed E-state index contributed by atoms with van der Waals surface area (Å²) in [5.74, 6) is -2.68. The van der Waals surface area contributed by atoms with Crippen molar-refractivity contribution >= 4 is 0 Å². The predicted molar refractivity (Wildman–Crippen MR) is 62.6 cm³/mol. The lowest BCUT2D eigenvalue weighted by molar-refractivity contribution is -0.198. The van der Waals surface area contributed by atoms with Crippen LogP contribution < -0.4 is 5.73 Å². The van der Waals surface area contributed by atoms with Gasteiger partial charge in [0, 0.05) is 12.2 Å². The lowest BCUT2D eigenvalue weighted by atomic mass is 9.73. The average Bonchev–Trinajstić information content (AvgIpc) is 2.37. The van der Waals surface area contributed by atoms with Gasteiger partial charge in [-0.3, -0.25) is 4.98 Å². The van der Waals surface area contributed by atoms with E-state index in [2.05, 4.69) is 4.98 Å². The molecule has 1 aliphatic carbocycles. The Morgan fingerprint density at radius 1 is 1.21 bits per heavy atom. The van der Waals surface area contributed by atoms with Crippen LogP contribution in [0.4, 0.5) is 17.6 Å². The third-order valence-electron chi connectivity index (χ3n) is 3.81. The van der Waals surface area contributed by atoms with Crippen LogP contribution in [0, 0.1) is 17.7 Å². The monoisotopic (exact) mass is 276 g/mol. The van der Waals surface area contributed by atoms with Gasteiger partial charge in [0.05, 0.1) is 12.1 Å². The van der Waals surface area contributed by atoms with Crippen LogP contribution in [0.2, 0.25) is 0 Å². The quantitative estimate of drug-likeness (QED) is 0.838. The fourth-order valence-electron chi connectivity index (χ4n) is 2.85. The van der Waals surface area contributed by atoms with Crippen LogP contribution >= 0.6 is 0 Å². The molecule has 0 amide bonds. The van der Waals surface area contributed by atoms with Gasteiger partial charge >= 0.3 is 6.18 Å². The van der Waals surface area contributed by atoms with Crippen LogP contribution in [-0.4, -0.2) is 11.2 Å². The molecule has 2 rings (SSSR count). The van der Waals surface area contributed by atoms with Crippen LogP contribution in [0.25, 0.3) is 0 Å². The molecule has 0 radical (unpaired) electrons. The second kappa shape index (κ2) is 5.45. The normalized spacial score (nSPS) is 26.2. The first-order valence-electron chi connectivity index (χ1n) is 6.32. The number of hydrogen-bond donors (Lipinski definition) is 1. The molecular weight excluding hydrogens is 260 g/mol. The Kier molecular flexibility index (Phi) is 4.08. The molecule has 1 saturated carbocycles. The van der Waals surface area contributed by atoms with Crippen LogP contribution in [0.15, 0.2) is 18.5 Å². The number of rotatable bonds is 2. The van der Waals surface area contributed by atoms with E-state index in [0.29, 0.717) is 18.4 Å². The van der Waals surface area contributed by atoms with Gasteiger partial charge in [-0.1, -0.05) is 12.8 Å². The predicted octanol–water partition coefficient (Wildman–Crippen LogP) is 3.59. The summed E-state index contributed by atoms with van der Waals surface area (Å²) >= 11 is 0. The summed E-state index contributed by atoms with van der Waals surface area (Å²) in [7, 11) is 0. The van der Waals surface area contributed by atoms with E-state index in [4.69, 9.17) is 5.73 Å². The summed E-state index contributed by atoms with van der Waals surface area (Å²) < 4.78 is 52.1. The van der Waals surface area contributed by atoms with E-state index >= 15 is 0 Å². The van der Waals surface area contributed by atoms with E-state index < -0.39 is 29.9 Å². The molecule has 6 heteroatoms. The van der Waals surface area contributed by atoms with Gasteiger partial charge in [0.25, 0.3) is 0 Å². The number of pyridine rings is 1. The largest absolute Gasteiger partial charge is 0.392 e. The van der Waals surface area contributed by atoms with E-state index in [1.165, 1.54) is 12.3 Å². The fraction of sp³-hybridized carbons (Fsp3) is 0.615. The second-order valence-electron chi connectivity index (χ2n) is 5.06. The Bertz CT molecular complexity index is 433. The van der Waals surface area contributed by atoms with Crippen molar-refractivity contribution in [2.75, 3.05) is 0 Å². The Morgan fingerprint density at radius 2 is 1.89 bits per heavy atom. The van der Waals surface area contributed by atoms with Gasteiger partial charge in [-0.05, 0) is 30.4 Å². The van der Waals surface area contributed by atoms with E-state index in [0.717, 1.165) is 12.6 Å². The minimum Gasteiger partial charge on any atom is -0.324 e. The molecular formula is C13H16F4N2. The summed E-state index contributed by atoms with van der Waals surface area (Å²) in [5, 5.41) is 0. The number of nitrogens with zero attached hydrogens (tertiary/aromatic N) is 1. The molecule has 1 aromatic heterocycles. The summed E-state index contributed by atoms with van der Waals surface area (Å²) in [4.78, 5) is 3.65. The highest BCUT2D eigenvalue weighted by Gasteiger charge is 2.47. The maximum absolute atomic E-state index is 13.1. The highest BCUT2D eigenvalue weighted by Crippen LogP contribution is 2.45. The lowest BCUT2D eigenvalue weighted by Gasteiger charge is -2.36. The first-order chi connectivity index (χ1) is 8.89. The molecule has 0 bridgehead atoms. The van der Waals surface area contributed by atoms with Crippen LogP contribution in [0.1, 0.15) is 37.3 Å². The summed E-state index contributed by atoms with van der Waals surface area (Å²) in [6, 6.07) is 0.342. The van der Waals surface area contributed by atoms with Crippen molar-refractivity contribution in [3.63, 3.8) is 0 Å². The first-order valence-corrected chi connectivity index (χ1v) is 6.32. The lowest BCUT2D eigenvalue weighted by Crippen LogP contribution is -2.38. The second-order valence-corrected chi connectivity index (χ2v) is 5.06. The minimum absolute atomic E-state index is 0.102. The van der Waals surface area contributed by atoms with Crippen molar-refractivity contribution in [3.05, 3.63) is 29.8 Å². The fourth-order valence-corrected chi connectivity index (χ4v) is 2.85. The average molecular weight is 276 g/mol. The number of aromatic nitrogens is 1. The van der Waals surface area contributed by atoms with E-state index in [1.54, 1.807) is 0 Å². The third-order valence-corrected chi connectivity index (χ3v) is 3.81. The van der Waals surface area contributed by atoms with Crippen molar-refractivity contribution in [1.29, 1.82) is 0 Å². The standard InChI is InChI=1S/C13H16F4N2/c14-9-5-8(6-19-7-9)12(18)10-3-1-2-4-11(10)13(15,16)17/h5-7,10-12H,1-4,18H2. The Labute approximate surface area is 109 Å².